The lowest BCUT2D eigenvalue weighted by Crippen LogP contribution is -2.34. The maximum Gasteiger partial charge on any atom is 0.440 e. The zero-order valence-electron chi connectivity index (χ0n) is 14.7. The molecule has 1 aromatic rings. The molecule has 0 bridgehead atoms. The molecule has 2 N–H and O–H groups in total. The Morgan fingerprint density at radius 1 is 1.00 bits per heavy atom. The van der Waals surface area contributed by atoms with E-state index in [1.165, 1.54) is 38.5 Å². The SMILES string of the molecule is CCCCCCCCCCCN(Oc1ccccc1CO)C(=O)O. The van der Waals surface area contributed by atoms with Crippen molar-refractivity contribution in [1.82, 2.24) is 5.06 Å². The van der Waals surface area contributed by atoms with E-state index in [1.54, 1.807) is 24.3 Å². The molecule has 0 heterocycles. The van der Waals surface area contributed by atoms with Gasteiger partial charge in [-0.25, -0.2) is 4.79 Å². The van der Waals surface area contributed by atoms with Crippen molar-refractivity contribution in [3.8, 4) is 5.75 Å². The molecule has 0 radical (unpaired) electrons. The highest BCUT2D eigenvalue weighted by Gasteiger charge is 2.15. The van der Waals surface area contributed by atoms with Crippen LogP contribution in [0.25, 0.3) is 0 Å². The van der Waals surface area contributed by atoms with Crippen LogP contribution in [0.2, 0.25) is 0 Å². The fourth-order valence-corrected chi connectivity index (χ4v) is 2.59. The summed E-state index contributed by atoms with van der Waals surface area (Å²) >= 11 is 0. The second kappa shape index (κ2) is 12.6. The second-order valence-electron chi connectivity index (χ2n) is 6.07. The lowest BCUT2D eigenvalue weighted by atomic mass is 10.1. The number of unbranched alkanes of at least 4 members (excludes halogenated alkanes) is 8. The molecule has 0 spiro atoms. The summed E-state index contributed by atoms with van der Waals surface area (Å²) in [6, 6.07) is 6.92. The summed E-state index contributed by atoms with van der Waals surface area (Å²) in [5.74, 6) is 0.387. The molecule has 0 aliphatic heterocycles. The van der Waals surface area contributed by atoms with Crippen molar-refractivity contribution in [2.75, 3.05) is 6.54 Å². The van der Waals surface area contributed by atoms with Gasteiger partial charge < -0.3 is 15.1 Å². The fraction of sp³-hybridized carbons (Fsp3) is 0.632. The van der Waals surface area contributed by atoms with Gasteiger partial charge in [-0.1, -0.05) is 76.5 Å². The van der Waals surface area contributed by atoms with Crippen LogP contribution in [0.4, 0.5) is 4.79 Å². The van der Waals surface area contributed by atoms with Crippen LogP contribution < -0.4 is 4.84 Å². The van der Waals surface area contributed by atoms with E-state index < -0.39 is 6.09 Å². The molecular weight excluding hydrogens is 306 g/mol. The van der Waals surface area contributed by atoms with Gasteiger partial charge in [-0.3, -0.25) is 0 Å². The highest BCUT2D eigenvalue weighted by atomic mass is 16.7. The molecule has 136 valence electrons. The number of aliphatic hydroxyl groups excluding tert-OH is 1. The fourth-order valence-electron chi connectivity index (χ4n) is 2.59. The first-order valence-electron chi connectivity index (χ1n) is 9.06. The average Bonchev–Trinajstić information content (AvgIpc) is 2.59. The van der Waals surface area contributed by atoms with Gasteiger partial charge in [-0.2, -0.15) is 0 Å². The van der Waals surface area contributed by atoms with E-state index in [2.05, 4.69) is 6.92 Å². The quantitative estimate of drug-likeness (QED) is 0.393. The number of para-hydroxylation sites is 1. The molecule has 5 nitrogen and oxygen atoms in total. The van der Waals surface area contributed by atoms with Crippen molar-refractivity contribution in [3.05, 3.63) is 29.8 Å². The van der Waals surface area contributed by atoms with E-state index in [9.17, 15) is 15.0 Å². The van der Waals surface area contributed by atoms with Gasteiger partial charge in [0.15, 0.2) is 5.75 Å². The Hall–Kier alpha value is -1.75. The van der Waals surface area contributed by atoms with Crippen molar-refractivity contribution >= 4 is 6.09 Å². The maximum absolute atomic E-state index is 11.3. The van der Waals surface area contributed by atoms with Crippen molar-refractivity contribution in [2.45, 2.75) is 71.3 Å². The molecule has 1 rings (SSSR count). The molecule has 0 aromatic heterocycles. The Morgan fingerprint density at radius 3 is 2.17 bits per heavy atom. The lowest BCUT2D eigenvalue weighted by Gasteiger charge is -2.20. The molecule has 0 fully saturated rings. The number of hydrogen-bond acceptors (Lipinski definition) is 3. The molecule has 0 aliphatic carbocycles. The Morgan fingerprint density at radius 2 is 1.58 bits per heavy atom. The molecule has 0 saturated carbocycles. The van der Waals surface area contributed by atoms with E-state index in [1.807, 2.05) is 0 Å². The van der Waals surface area contributed by atoms with Crippen molar-refractivity contribution < 1.29 is 19.8 Å². The molecule has 0 aliphatic rings. The zero-order chi connectivity index (χ0) is 17.6. The minimum atomic E-state index is -1.11. The molecule has 1 amide bonds. The van der Waals surface area contributed by atoms with Crippen LogP contribution in [0.1, 0.15) is 70.3 Å². The minimum absolute atomic E-state index is 0.179. The van der Waals surface area contributed by atoms with Gasteiger partial charge in [0.25, 0.3) is 0 Å². The van der Waals surface area contributed by atoms with Crippen molar-refractivity contribution in [2.24, 2.45) is 0 Å². The monoisotopic (exact) mass is 337 g/mol. The lowest BCUT2D eigenvalue weighted by molar-refractivity contribution is -0.0382. The third kappa shape index (κ3) is 8.20. The van der Waals surface area contributed by atoms with E-state index in [4.69, 9.17) is 4.84 Å². The number of carbonyl (C=O) groups is 1. The van der Waals surface area contributed by atoms with Gasteiger partial charge in [0, 0.05) is 5.56 Å². The van der Waals surface area contributed by atoms with Crippen LogP contribution in [-0.2, 0) is 6.61 Å². The molecule has 0 atom stereocenters. The summed E-state index contributed by atoms with van der Waals surface area (Å²) in [6.07, 6.45) is 9.50. The summed E-state index contributed by atoms with van der Waals surface area (Å²) in [4.78, 5) is 16.8. The number of benzene rings is 1. The first kappa shape index (κ1) is 20.3. The first-order chi connectivity index (χ1) is 11.7. The third-order valence-electron chi connectivity index (χ3n) is 4.03. The van der Waals surface area contributed by atoms with Crippen LogP contribution in [0, 0.1) is 0 Å². The van der Waals surface area contributed by atoms with Gasteiger partial charge in [0.05, 0.1) is 13.2 Å². The molecule has 24 heavy (non-hydrogen) atoms. The molecule has 0 unspecified atom stereocenters. The number of hydroxylamine groups is 2. The first-order valence-corrected chi connectivity index (χ1v) is 9.06. The predicted octanol–water partition coefficient (Wildman–Crippen LogP) is 4.98. The van der Waals surface area contributed by atoms with Crippen LogP contribution in [0.3, 0.4) is 0 Å². The Labute approximate surface area is 145 Å². The predicted molar refractivity (Wildman–Crippen MR) is 95.0 cm³/mol. The van der Waals surface area contributed by atoms with Gasteiger partial charge in [-0.05, 0) is 12.5 Å². The molecule has 1 aromatic carbocycles. The van der Waals surface area contributed by atoms with Crippen molar-refractivity contribution in [1.29, 1.82) is 0 Å². The highest BCUT2D eigenvalue weighted by molar-refractivity contribution is 5.63. The van der Waals surface area contributed by atoms with E-state index in [-0.39, 0.29) is 6.61 Å². The van der Waals surface area contributed by atoms with Crippen LogP contribution in [-0.4, -0.2) is 27.9 Å². The smallest absolute Gasteiger partial charge is 0.440 e. The molecular formula is C19H31NO4. The number of rotatable bonds is 13. The molecule has 5 heteroatoms. The van der Waals surface area contributed by atoms with Crippen molar-refractivity contribution in [3.63, 3.8) is 0 Å². The zero-order valence-corrected chi connectivity index (χ0v) is 14.7. The van der Waals surface area contributed by atoms with E-state index in [0.717, 1.165) is 24.3 Å². The number of amides is 1. The van der Waals surface area contributed by atoms with Gasteiger partial charge in [0.2, 0.25) is 0 Å². The highest BCUT2D eigenvalue weighted by Crippen LogP contribution is 2.19. The maximum atomic E-state index is 11.3. The van der Waals surface area contributed by atoms with Gasteiger partial charge in [0.1, 0.15) is 0 Å². The summed E-state index contributed by atoms with van der Waals surface area (Å²) in [6.45, 7) is 2.38. The Kier molecular flexibility index (Phi) is 10.7. The average molecular weight is 337 g/mol. The largest absolute Gasteiger partial charge is 0.463 e. The van der Waals surface area contributed by atoms with Crippen LogP contribution in [0.5, 0.6) is 5.75 Å². The van der Waals surface area contributed by atoms with Crippen LogP contribution >= 0.6 is 0 Å². The Balaban J connectivity index is 2.26. The topological polar surface area (TPSA) is 70.0 Å². The second-order valence-corrected chi connectivity index (χ2v) is 6.07. The minimum Gasteiger partial charge on any atom is -0.463 e. The summed E-state index contributed by atoms with van der Waals surface area (Å²) < 4.78 is 0. The Bertz CT molecular complexity index is 464. The standard InChI is InChI=1S/C19H31NO4/c1-2-3-4-5-6-7-8-9-12-15-20(19(22)23)24-18-14-11-10-13-17(18)16-21/h10-11,13-14,21H,2-9,12,15-16H2,1H3,(H,22,23). The number of aliphatic hydroxyl groups is 1. The summed E-state index contributed by atoms with van der Waals surface area (Å²) in [5, 5.41) is 19.5. The normalized spacial score (nSPS) is 10.6. The van der Waals surface area contributed by atoms with Crippen LogP contribution in [0.15, 0.2) is 24.3 Å². The third-order valence-corrected chi connectivity index (χ3v) is 4.03. The van der Waals surface area contributed by atoms with E-state index >= 15 is 0 Å². The van der Waals surface area contributed by atoms with Gasteiger partial charge in [-0.15, -0.1) is 5.06 Å². The number of carboxylic acid groups (broad SMARTS) is 1. The number of nitrogens with zero attached hydrogens (tertiary/aromatic N) is 1. The summed E-state index contributed by atoms with van der Waals surface area (Å²) in [7, 11) is 0. The van der Waals surface area contributed by atoms with E-state index in [0.29, 0.717) is 17.9 Å². The van der Waals surface area contributed by atoms with Gasteiger partial charge >= 0.3 is 6.09 Å². The molecule has 0 saturated heterocycles. The number of hydrogen-bond donors (Lipinski definition) is 2. The summed E-state index contributed by atoms with van der Waals surface area (Å²) in [5.41, 5.74) is 0.579.